The maximum Gasteiger partial charge on any atom is 0.118 e. The van der Waals surface area contributed by atoms with Gasteiger partial charge >= 0.3 is 0 Å². The highest BCUT2D eigenvalue weighted by atomic mass is 16.5. The van der Waals surface area contributed by atoms with Crippen LogP contribution in [0.3, 0.4) is 0 Å². The molecule has 2 aromatic rings. The van der Waals surface area contributed by atoms with E-state index in [1.165, 1.54) is 5.56 Å². The van der Waals surface area contributed by atoms with Crippen LogP contribution in [-0.4, -0.2) is 7.11 Å². The second-order valence-electron chi connectivity index (χ2n) is 4.33. The molecule has 0 amide bonds. The van der Waals surface area contributed by atoms with Crippen LogP contribution in [0.2, 0.25) is 0 Å². The van der Waals surface area contributed by atoms with Crippen molar-refractivity contribution in [1.82, 2.24) is 0 Å². The molecule has 0 saturated heterocycles. The van der Waals surface area contributed by atoms with Crippen LogP contribution in [0, 0.1) is 6.92 Å². The molecule has 0 radical (unpaired) electrons. The zero-order valence-corrected chi connectivity index (χ0v) is 10.7. The van der Waals surface area contributed by atoms with Crippen molar-refractivity contribution in [3.63, 3.8) is 0 Å². The topological polar surface area (TPSA) is 47.3 Å². The van der Waals surface area contributed by atoms with Crippen LogP contribution in [0.15, 0.2) is 42.5 Å². The highest BCUT2D eigenvalue weighted by Gasteiger charge is 1.97. The van der Waals surface area contributed by atoms with Gasteiger partial charge in [-0.25, -0.2) is 0 Å². The fourth-order valence-corrected chi connectivity index (χ4v) is 1.86. The summed E-state index contributed by atoms with van der Waals surface area (Å²) in [7, 11) is 1.67. The molecular formula is C15H18N2O. The summed E-state index contributed by atoms with van der Waals surface area (Å²) in [5, 5.41) is 3.36. The van der Waals surface area contributed by atoms with Gasteiger partial charge in [-0.05, 0) is 48.4 Å². The summed E-state index contributed by atoms with van der Waals surface area (Å²) in [6.07, 6.45) is 0. The smallest absolute Gasteiger partial charge is 0.118 e. The van der Waals surface area contributed by atoms with E-state index in [1.807, 2.05) is 43.3 Å². The molecule has 18 heavy (non-hydrogen) atoms. The lowest BCUT2D eigenvalue weighted by Gasteiger charge is -2.09. The van der Waals surface area contributed by atoms with Gasteiger partial charge in [0, 0.05) is 17.9 Å². The highest BCUT2D eigenvalue weighted by Crippen LogP contribution is 2.17. The number of nitrogen functional groups attached to an aromatic ring is 1. The summed E-state index contributed by atoms with van der Waals surface area (Å²) < 4.78 is 5.13. The number of anilines is 2. The third-order valence-corrected chi connectivity index (χ3v) is 2.76. The molecule has 0 aliphatic rings. The highest BCUT2D eigenvalue weighted by molar-refractivity contribution is 5.56. The zero-order chi connectivity index (χ0) is 13.0. The summed E-state index contributed by atoms with van der Waals surface area (Å²) in [6.45, 7) is 2.81. The maximum atomic E-state index is 5.81. The van der Waals surface area contributed by atoms with E-state index in [0.717, 1.165) is 29.2 Å². The molecule has 0 unspecified atom stereocenters. The minimum atomic E-state index is 0.771. The molecule has 0 atom stereocenters. The largest absolute Gasteiger partial charge is 0.497 e. The van der Waals surface area contributed by atoms with Gasteiger partial charge in [-0.3, -0.25) is 0 Å². The van der Waals surface area contributed by atoms with Crippen LogP contribution in [-0.2, 0) is 6.54 Å². The number of benzene rings is 2. The van der Waals surface area contributed by atoms with Crippen LogP contribution in [0.1, 0.15) is 11.1 Å². The van der Waals surface area contributed by atoms with Crippen LogP contribution in [0.5, 0.6) is 5.75 Å². The summed E-state index contributed by atoms with van der Waals surface area (Å²) in [4.78, 5) is 0. The van der Waals surface area contributed by atoms with Gasteiger partial charge in [0.1, 0.15) is 5.75 Å². The molecular weight excluding hydrogens is 224 g/mol. The Labute approximate surface area is 108 Å². The molecule has 0 fully saturated rings. The van der Waals surface area contributed by atoms with Crippen molar-refractivity contribution in [2.24, 2.45) is 0 Å². The first-order valence-corrected chi connectivity index (χ1v) is 5.91. The maximum absolute atomic E-state index is 5.81. The Hall–Kier alpha value is -2.16. The number of methoxy groups -OCH3 is 1. The molecule has 3 heteroatoms. The lowest BCUT2D eigenvalue weighted by molar-refractivity contribution is 0.414. The van der Waals surface area contributed by atoms with E-state index < -0.39 is 0 Å². The lowest BCUT2D eigenvalue weighted by Crippen LogP contribution is -2.00. The standard InChI is InChI=1S/C15H18N2O/c1-11-7-13(16)9-14(8-11)17-10-12-3-5-15(18-2)6-4-12/h3-9,17H,10,16H2,1-2H3. The third kappa shape index (κ3) is 3.17. The average Bonchev–Trinajstić information content (AvgIpc) is 2.36. The molecule has 2 rings (SSSR count). The molecule has 0 heterocycles. The number of hydrogen-bond donors (Lipinski definition) is 2. The van der Waals surface area contributed by atoms with E-state index >= 15 is 0 Å². The molecule has 3 N–H and O–H groups in total. The van der Waals surface area contributed by atoms with Crippen LogP contribution in [0.25, 0.3) is 0 Å². The first kappa shape index (κ1) is 12.3. The van der Waals surface area contributed by atoms with Crippen LogP contribution < -0.4 is 15.8 Å². The first-order valence-electron chi connectivity index (χ1n) is 5.91. The number of rotatable bonds is 4. The molecule has 0 saturated carbocycles. The first-order chi connectivity index (χ1) is 8.67. The number of ether oxygens (including phenoxy) is 1. The van der Waals surface area contributed by atoms with Crippen LogP contribution in [0.4, 0.5) is 11.4 Å². The normalized spacial score (nSPS) is 10.1. The summed E-state index contributed by atoms with van der Waals surface area (Å²) in [5.74, 6) is 0.874. The predicted octanol–water partition coefficient (Wildman–Crippen LogP) is 3.20. The Morgan fingerprint density at radius 1 is 1.11 bits per heavy atom. The Bertz CT molecular complexity index is 500. The number of nitrogens with one attached hydrogen (secondary N) is 1. The van der Waals surface area contributed by atoms with E-state index in [1.54, 1.807) is 7.11 Å². The molecule has 0 bridgehead atoms. The van der Waals surface area contributed by atoms with Gasteiger partial charge in [0.25, 0.3) is 0 Å². The number of aryl methyl sites for hydroxylation is 1. The van der Waals surface area contributed by atoms with Gasteiger partial charge < -0.3 is 15.8 Å². The van der Waals surface area contributed by atoms with Crippen molar-refractivity contribution in [3.8, 4) is 5.75 Å². The van der Waals surface area contributed by atoms with Crippen LogP contribution >= 0.6 is 0 Å². The molecule has 0 aliphatic carbocycles. The van der Waals surface area contributed by atoms with E-state index in [9.17, 15) is 0 Å². The fraction of sp³-hybridized carbons (Fsp3) is 0.200. The molecule has 94 valence electrons. The predicted molar refractivity (Wildman–Crippen MR) is 75.9 cm³/mol. The van der Waals surface area contributed by atoms with Gasteiger partial charge in [0.05, 0.1) is 7.11 Å². The minimum Gasteiger partial charge on any atom is -0.497 e. The monoisotopic (exact) mass is 242 g/mol. The van der Waals surface area contributed by atoms with Crippen molar-refractivity contribution in [1.29, 1.82) is 0 Å². The molecule has 0 aliphatic heterocycles. The van der Waals surface area contributed by atoms with E-state index in [4.69, 9.17) is 10.5 Å². The Morgan fingerprint density at radius 3 is 2.44 bits per heavy atom. The van der Waals surface area contributed by atoms with Gasteiger partial charge in [0.15, 0.2) is 0 Å². The number of nitrogens with two attached hydrogens (primary N) is 1. The van der Waals surface area contributed by atoms with Gasteiger partial charge in [-0.1, -0.05) is 12.1 Å². The quantitative estimate of drug-likeness (QED) is 0.809. The Balaban J connectivity index is 2.01. The molecule has 2 aromatic carbocycles. The SMILES string of the molecule is COc1ccc(CNc2cc(C)cc(N)c2)cc1. The Kier molecular flexibility index (Phi) is 3.72. The van der Waals surface area contributed by atoms with Crippen molar-refractivity contribution in [2.75, 3.05) is 18.2 Å². The van der Waals surface area contributed by atoms with E-state index in [-0.39, 0.29) is 0 Å². The average molecular weight is 242 g/mol. The van der Waals surface area contributed by atoms with Crippen molar-refractivity contribution >= 4 is 11.4 Å². The second kappa shape index (κ2) is 5.45. The third-order valence-electron chi connectivity index (χ3n) is 2.76. The van der Waals surface area contributed by atoms with Gasteiger partial charge in [-0.2, -0.15) is 0 Å². The van der Waals surface area contributed by atoms with Gasteiger partial charge in [-0.15, -0.1) is 0 Å². The number of hydrogen-bond acceptors (Lipinski definition) is 3. The Morgan fingerprint density at radius 2 is 1.83 bits per heavy atom. The fourth-order valence-electron chi connectivity index (χ4n) is 1.86. The van der Waals surface area contributed by atoms with E-state index in [2.05, 4.69) is 11.4 Å². The molecule has 0 spiro atoms. The summed E-state index contributed by atoms with van der Waals surface area (Å²) in [5.41, 5.74) is 10.0. The van der Waals surface area contributed by atoms with Crippen molar-refractivity contribution in [2.45, 2.75) is 13.5 Å². The van der Waals surface area contributed by atoms with Crippen molar-refractivity contribution in [3.05, 3.63) is 53.6 Å². The van der Waals surface area contributed by atoms with Crippen molar-refractivity contribution < 1.29 is 4.74 Å². The van der Waals surface area contributed by atoms with Gasteiger partial charge in [0.2, 0.25) is 0 Å². The molecule has 3 nitrogen and oxygen atoms in total. The van der Waals surface area contributed by atoms with E-state index in [0.29, 0.717) is 0 Å². The molecule has 0 aromatic heterocycles. The minimum absolute atomic E-state index is 0.771. The second-order valence-corrected chi connectivity index (χ2v) is 4.33. The lowest BCUT2D eigenvalue weighted by atomic mass is 10.1. The summed E-state index contributed by atoms with van der Waals surface area (Å²) in [6, 6.07) is 14.0. The summed E-state index contributed by atoms with van der Waals surface area (Å²) >= 11 is 0. The zero-order valence-electron chi connectivity index (χ0n) is 10.7.